The topological polar surface area (TPSA) is 92.1 Å². The number of carbonyl (C=O) groups excluding carboxylic acids is 2. The Morgan fingerprint density at radius 1 is 1.23 bits per heavy atom. The molecule has 0 bridgehead atoms. The van der Waals surface area contributed by atoms with E-state index < -0.39 is 11.9 Å². The maximum Gasteiger partial charge on any atom is 0.306 e. The molecule has 1 aliphatic rings. The Morgan fingerprint density at radius 2 is 2.06 bits per heavy atom. The van der Waals surface area contributed by atoms with Gasteiger partial charge in [0.1, 0.15) is 11.1 Å². The normalized spacial score (nSPS) is 12.9. The van der Waals surface area contributed by atoms with Gasteiger partial charge in [-0.1, -0.05) is 23.9 Å². The highest BCUT2D eigenvalue weighted by molar-refractivity contribution is 8.01. The lowest BCUT2D eigenvalue weighted by molar-refractivity contribution is -0.147. The number of ether oxygens (including phenoxy) is 1. The predicted octanol–water partition coefficient (Wildman–Crippen LogP) is 5.16. The highest BCUT2D eigenvalue weighted by Gasteiger charge is 2.22. The van der Waals surface area contributed by atoms with Gasteiger partial charge in [-0.25, -0.2) is 4.98 Å². The standard InChI is InChI=1S/C22H21N3O3S3/c23-12-15-14-6-1-3-8-17(14)30-21(15)25-19(26)13-28-20(27)10-5-11-29-22-24-16-7-2-4-9-18(16)31-22/h2,4,7,9H,1,3,5-6,8,10-11,13H2,(H,25,26). The number of rotatable bonds is 8. The molecule has 4 rings (SSSR count). The lowest BCUT2D eigenvalue weighted by atomic mass is 9.96. The van der Waals surface area contributed by atoms with Crippen molar-refractivity contribution < 1.29 is 14.3 Å². The van der Waals surface area contributed by atoms with Crippen molar-refractivity contribution in [3.05, 3.63) is 40.3 Å². The van der Waals surface area contributed by atoms with Crippen molar-refractivity contribution in [1.82, 2.24) is 4.98 Å². The van der Waals surface area contributed by atoms with Crippen molar-refractivity contribution in [2.24, 2.45) is 0 Å². The van der Waals surface area contributed by atoms with Crippen LogP contribution in [0.4, 0.5) is 5.00 Å². The van der Waals surface area contributed by atoms with Gasteiger partial charge < -0.3 is 10.1 Å². The van der Waals surface area contributed by atoms with Crippen LogP contribution in [0.3, 0.4) is 0 Å². The van der Waals surface area contributed by atoms with E-state index in [2.05, 4.69) is 16.4 Å². The minimum Gasteiger partial charge on any atom is -0.456 e. The van der Waals surface area contributed by atoms with E-state index in [0.29, 0.717) is 17.0 Å². The summed E-state index contributed by atoms with van der Waals surface area (Å²) in [5.74, 6) is -0.0498. The molecule has 0 spiro atoms. The molecule has 31 heavy (non-hydrogen) atoms. The van der Waals surface area contributed by atoms with E-state index in [0.717, 1.165) is 51.6 Å². The molecule has 1 N–H and O–H groups in total. The van der Waals surface area contributed by atoms with Gasteiger partial charge in [0.25, 0.3) is 5.91 Å². The van der Waals surface area contributed by atoms with Crippen molar-refractivity contribution in [3.8, 4) is 6.07 Å². The first kappa shape index (κ1) is 21.8. The summed E-state index contributed by atoms with van der Waals surface area (Å²) in [6.07, 6.45) is 4.92. The Balaban J connectivity index is 1.18. The molecule has 3 aromatic rings. The van der Waals surface area contributed by atoms with Gasteiger partial charge >= 0.3 is 5.97 Å². The fourth-order valence-corrected chi connectivity index (χ4v) is 6.78. The molecule has 160 valence electrons. The molecule has 0 fully saturated rings. The second-order valence-electron chi connectivity index (χ2n) is 7.14. The third kappa shape index (κ3) is 5.45. The molecule has 0 aliphatic heterocycles. The number of fused-ring (bicyclic) bond motifs is 2. The number of anilines is 1. The van der Waals surface area contributed by atoms with E-state index in [1.807, 2.05) is 24.3 Å². The van der Waals surface area contributed by atoms with Gasteiger partial charge in [-0.3, -0.25) is 9.59 Å². The summed E-state index contributed by atoms with van der Waals surface area (Å²) in [6.45, 7) is -0.336. The summed E-state index contributed by atoms with van der Waals surface area (Å²) < 4.78 is 7.24. The monoisotopic (exact) mass is 471 g/mol. The SMILES string of the molecule is N#Cc1c(NC(=O)COC(=O)CCCSc2nc3ccccc3s2)sc2c1CCCC2. The minimum atomic E-state index is -0.410. The van der Waals surface area contributed by atoms with Crippen LogP contribution in [0.5, 0.6) is 0 Å². The van der Waals surface area contributed by atoms with Gasteiger partial charge in [-0.05, 0) is 49.8 Å². The summed E-state index contributed by atoms with van der Waals surface area (Å²) in [7, 11) is 0. The molecule has 2 heterocycles. The minimum absolute atomic E-state index is 0.252. The number of hydrogen-bond acceptors (Lipinski definition) is 8. The van der Waals surface area contributed by atoms with Gasteiger partial charge in [0.05, 0.1) is 15.8 Å². The molecule has 0 radical (unpaired) electrons. The first-order valence-corrected chi connectivity index (χ1v) is 12.7. The first-order chi connectivity index (χ1) is 15.1. The summed E-state index contributed by atoms with van der Waals surface area (Å²) >= 11 is 4.73. The Labute approximate surface area is 192 Å². The Kier molecular flexibility index (Phi) is 7.22. The average molecular weight is 472 g/mol. The van der Waals surface area contributed by atoms with Gasteiger partial charge in [0, 0.05) is 17.1 Å². The van der Waals surface area contributed by atoms with Crippen molar-refractivity contribution in [3.63, 3.8) is 0 Å². The number of nitrogens with zero attached hydrogens (tertiary/aromatic N) is 2. The maximum atomic E-state index is 12.2. The predicted molar refractivity (Wildman–Crippen MR) is 125 cm³/mol. The number of amides is 1. The van der Waals surface area contributed by atoms with E-state index in [1.165, 1.54) is 16.2 Å². The summed E-state index contributed by atoms with van der Waals surface area (Å²) in [6, 6.07) is 10.2. The van der Waals surface area contributed by atoms with Crippen LogP contribution >= 0.6 is 34.4 Å². The number of nitrogens with one attached hydrogen (secondary N) is 1. The number of thiazole rings is 1. The van der Waals surface area contributed by atoms with Crippen LogP contribution in [-0.2, 0) is 27.2 Å². The lowest BCUT2D eigenvalue weighted by Crippen LogP contribution is -2.20. The number of benzene rings is 1. The van der Waals surface area contributed by atoms with Gasteiger partial charge in [-0.15, -0.1) is 22.7 Å². The smallest absolute Gasteiger partial charge is 0.306 e. The van der Waals surface area contributed by atoms with Crippen LogP contribution in [-0.4, -0.2) is 29.2 Å². The molecular weight excluding hydrogens is 450 g/mol. The van der Waals surface area contributed by atoms with E-state index in [1.54, 1.807) is 23.1 Å². The Morgan fingerprint density at radius 3 is 2.90 bits per heavy atom. The van der Waals surface area contributed by atoms with Crippen LogP contribution < -0.4 is 5.32 Å². The van der Waals surface area contributed by atoms with Crippen molar-refractivity contribution in [2.75, 3.05) is 17.7 Å². The van der Waals surface area contributed by atoms with Crippen molar-refractivity contribution in [2.45, 2.75) is 42.9 Å². The average Bonchev–Trinajstić information content (AvgIpc) is 3.35. The third-order valence-corrected chi connectivity index (χ3v) is 8.40. The highest BCUT2D eigenvalue weighted by Crippen LogP contribution is 2.37. The molecule has 2 aromatic heterocycles. The number of thioether (sulfide) groups is 1. The van der Waals surface area contributed by atoms with Gasteiger partial charge in [-0.2, -0.15) is 5.26 Å². The van der Waals surface area contributed by atoms with Crippen LogP contribution in [0.15, 0.2) is 28.6 Å². The molecule has 0 atom stereocenters. The maximum absolute atomic E-state index is 12.2. The molecule has 0 saturated carbocycles. The molecular formula is C22H21N3O3S3. The number of para-hydroxylation sites is 1. The summed E-state index contributed by atoms with van der Waals surface area (Å²) in [5, 5.41) is 12.8. The number of aryl methyl sites for hydroxylation is 1. The fourth-order valence-electron chi connectivity index (χ4n) is 3.44. The number of nitriles is 1. The third-order valence-electron chi connectivity index (χ3n) is 4.93. The Hall–Kier alpha value is -2.41. The van der Waals surface area contributed by atoms with Gasteiger partial charge in [0.15, 0.2) is 10.9 Å². The number of hydrogen-bond donors (Lipinski definition) is 1. The number of esters is 1. The molecule has 1 aliphatic carbocycles. The van der Waals surface area contributed by atoms with Crippen LogP contribution in [0.1, 0.15) is 41.7 Å². The van der Waals surface area contributed by atoms with E-state index in [-0.39, 0.29) is 13.0 Å². The molecule has 0 saturated heterocycles. The zero-order chi connectivity index (χ0) is 21.6. The molecule has 1 aromatic carbocycles. The van der Waals surface area contributed by atoms with E-state index in [9.17, 15) is 14.9 Å². The first-order valence-electron chi connectivity index (χ1n) is 10.1. The number of thiophene rings is 1. The van der Waals surface area contributed by atoms with E-state index in [4.69, 9.17) is 4.74 Å². The largest absolute Gasteiger partial charge is 0.456 e. The Bertz CT molecular complexity index is 1110. The van der Waals surface area contributed by atoms with Crippen molar-refractivity contribution in [1.29, 1.82) is 5.26 Å². The highest BCUT2D eigenvalue weighted by atomic mass is 32.2. The second-order valence-corrected chi connectivity index (χ2v) is 10.6. The number of aromatic nitrogens is 1. The lowest BCUT2D eigenvalue weighted by Gasteiger charge is -2.09. The fraction of sp³-hybridized carbons (Fsp3) is 0.364. The van der Waals surface area contributed by atoms with Crippen LogP contribution in [0.25, 0.3) is 10.2 Å². The summed E-state index contributed by atoms with van der Waals surface area (Å²) in [5.41, 5.74) is 2.62. The molecule has 6 nitrogen and oxygen atoms in total. The second kappa shape index (κ2) is 10.3. The van der Waals surface area contributed by atoms with Crippen molar-refractivity contribution >= 4 is 61.5 Å². The zero-order valence-electron chi connectivity index (χ0n) is 16.8. The molecule has 1 amide bonds. The van der Waals surface area contributed by atoms with Gasteiger partial charge in [0.2, 0.25) is 0 Å². The van der Waals surface area contributed by atoms with E-state index >= 15 is 0 Å². The molecule has 0 unspecified atom stereocenters. The molecule has 9 heteroatoms. The number of carbonyl (C=O) groups is 2. The zero-order valence-corrected chi connectivity index (χ0v) is 19.3. The van der Waals surface area contributed by atoms with Crippen LogP contribution in [0, 0.1) is 11.3 Å². The summed E-state index contributed by atoms with van der Waals surface area (Å²) in [4.78, 5) is 29.9. The quantitative estimate of drug-likeness (QED) is 0.277. The van der Waals surface area contributed by atoms with Crippen LogP contribution in [0.2, 0.25) is 0 Å².